The fraction of sp³-hybridized carbons (Fsp3) is 0.391. The van der Waals surface area contributed by atoms with E-state index >= 15 is 0 Å². The lowest BCUT2D eigenvalue weighted by Crippen LogP contribution is -2.44. The molecule has 1 heterocycles. The number of carbonyl (C=O) groups is 2. The van der Waals surface area contributed by atoms with Gasteiger partial charge in [0.25, 0.3) is 0 Å². The van der Waals surface area contributed by atoms with Crippen LogP contribution in [0, 0.1) is 5.41 Å². The highest BCUT2D eigenvalue weighted by Crippen LogP contribution is 2.37. The number of likely N-dealkylation sites (tertiary alicyclic amines) is 1. The number of amides is 2. The molecule has 0 spiro atoms. The van der Waals surface area contributed by atoms with Gasteiger partial charge in [-0.25, -0.2) is 0 Å². The zero-order valence-corrected chi connectivity index (χ0v) is 16.2. The van der Waals surface area contributed by atoms with E-state index in [2.05, 4.69) is 29.6 Å². The van der Waals surface area contributed by atoms with Crippen LogP contribution in [0.1, 0.15) is 31.7 Å². The highest BCUT2D eigenvalue weighted by atomic mass is 16.2. The Hall–Kier alpha value is -2.62. The summed E-state index contributed by atoms with van der Waals surface area (Å²) in [6.07, 6.45) is 2.71. The Kier molecular flexibility index (Phi) is 5.94. The Morgan fingerprint density at radius 3 is 2.48 bits per heavy atom. The average molecular weight is 364 g/mol. The summed E-state index contributed by atoms with van der Waals surface area (Å²) in [5, 5.41) is 2.84. The molecule has 2 aromatic rings. The molecule has 1 aliphatic rings. The third-order valence-corrected chi connectivity index (χ3v) is 5.51. The Balaban J connectivity index is 1.92. The summed E-state index contributed by atoms with van der Waals surface area (Å²) in [7, 11) is 1.68. The molecule has 0 radical (unpaired) electrons. The number of nitrogens with zero attached hydrogens (tertiary/aromatic N) is 1. The van der Waals surface area contributed by atoms with E-state index in [1.807, 2.05) is 42.2 Å². The molecular weight excluding hydrogens is 336 g/mol. The lowest BCUT2D eigenvalue weighted by molar-refractivity contribution is -0.133. The minimum atomic E-state index is -0.566. The summed E-state index contributed by atoms with van der Waals surface area (Å²) in [4.78, 5) is 27.1. The molecule has 0 aliphatic carbocycles. The molecule has 0 saturated carbocycles. The van der Waals surface area contributed by atoms with Gasteiger partial charge in [-0.1, -0.05) is 61.5 Å². The maximum Gasteiger partial charge on any atom is 0.228 e. The van der Waals surface area contributed by atoms with Crippen molar-refractivity contribution in [3.05, 3.63) is 60.2 Å². The summed E-state index contributed by atoms with van der Waals surface area (Å²) in [5.41, 5.74) is 2.89. The molecule has 27 heavy (non-hydrogen) atoms. The van der Waals surface area contributed by atoms with Gasteiger partial charge >= 0.3 is 0 Å². The van der Waals surface area contributed by atoms with Gasteiger partial charge in [0.2, 0.25) is 11.8 Å². The molecule has 1 saturated heterocycles. The number of nitrogens with one attached hydrogen (secondary N) is 1. The molecule has 2 aromatic carbocycles. The van der Waals surface area contributed by atoms with Gasteiger partial charge in [0.15, 0.2) is 0 Å². The summed E-state index contributed by atoms with van der Waals surface area (Å²) in [6.45, 7) is 3.16. The predicted octanol–water partition coefficient (Wildman–Crippen LogP) is 3.66. The highest BCUT2D eigenvalue weighted by molar-refractivity contribution is 5.86. The summed E-state index contributed by atoms with van der Waals surface area (Å²) >= 11 is 0. The van der Waals surface area contributed by atoms with Crippen LogP contribution in [0.4, 0.5) is 0 Å². The molecule has 3 rings (SSSR count). The summed E-state index contributed by atoms with van der Waals surface area (Å²) in [6, 6.07) is 18.5. The van der Waals surface area contributed by atoms with Crippen molar-refractivity contribution in [1.82, 2.24) is 10.2 Å². The van der Waals surface area contributed by atoms with Gasteiger partial charge in [0, 0.05) is 26.6 Å². The smallest absolute Gasteiger partial charge is 0.228 e. The lowest BCUT2D eigenvalue weighted by Gasteiger charge is -2.28. The topological polar surface area (TPSA) is 49.4 Å². The van der Waals surface area contributed by atoms with Crippen molar-refractivity contribution >= 4 is 11.8 Å². The van der Waals surface area contributed by atoms with Gasteiger partial charge in [-0.3, -0.25) is 9.59 Å². The standard InChI is InChI=1S/C23H28N2O2/c1-3-9-21(26)25-15-14-23(17-25,22(27)24-2)16-19-12-7-8-13-20(19)18-10-5-4-6-11-18/h4-8,10-13H,3,9,14-17H2,1-2H3,(H,24,27). The molecule has 4 heteroatoms. The van der Waals surface area contributed by atoms with Crippen molar-refractivity contribution in [1.29, 1.82) is 0 Å². The first-order valence-corrected chi connectivity index (χ1v) is 9.73. The molecule has 0 aromatic heterocycles. The minimum Gasteiger partial charge on any atom is -0.359 e. The summed E-state index contributed by atoms with van der Waals surface area (Å²) < 4.78 is 0. The van der Waals surface area contributed by atoms with Gasteiger partial charge < -0.3 is 10.2 Å². The van der Waals surface area contributed by atoms with Crippen molar-refractivity contribution in [2.75, 3.05) is 20.1 Å². The van der Waals surface area contributed by atoms with E-state index in [-0.39, 0.29) is 11.8 Å². The number of carbonyl (C=O) groups excluding carboxylic acids is 2. The maximum atomic E-state index is 12.9. The van der Waals surface area contributed by atoms with Crippen LogP contribution in [0.2, 0.25) is 0 Å². The quantitative estimate of drug-likeness (QED) is 0.850. The Bertz CT molecular complexity index is 803. The first-order valence-electron chi connectivity index (χ1n) is 9.73. The van der Waals surface area contributed by atoms with Gasteiger partial charge in [-0.2, -0.15) is 0 Å². The van der Waals surface area contributed by atoms with E-state index in [0.717, 1.165) is 23.1 Å². The fourth-order valence-corrected chi connectivity index (χ4v) is 4.07. The second-order valence-electron chi connectivity index (χ2n) is 7.37. The van der Waals surface area contributed by atoms with Crippen LogP contribution < -0.4 is 5.32 Å². The van der Waals surface area contributed by atoms with Crippen LogP contribution in [-0.2, 0) is 16.0 Å². The lowest BCUT2D eigenvalue weighted by atomic mass is 9.78. The van der Waals surface area contributed by atoms with Crippen molar-refractivity contribution < 1.29 is 9.59 Å². The molecule has 1 atom stereocenters. The summed E-state index contributed by atoms with van der Waals surface area (Å²) in [5.74, 6) is 0.178. The number of benzene rings is 2. The highest BCUT2D eigenvalue weighted by Gasteiger charge is 2.45. The first-order chi connectivity index (χ1) is 13.1. The van der Waals surface area contributed by atoms with Crippen LogP contribution in [0.3, 0.4) is 0 Å². The fourth-order valence-electron chi connectivity index (χ4n) is 4.07. The van der Waals surface area contributed by atoms with Gasteiger partial charge in [-0.05, 0) is 36.0 Å². The number of hydrogen-bond acceptors (Lipinski definition) is 2. The normalized spacial score (nSPS) is 19.1. The molecule has 0 bridgehead atoms. The van der Waals surface area contributed by atoms with Crippen LogP contribution in [-0.4, -0.2) is 36.9 Å². The second-order valence-corrected chi connectivity index (χ2v) is 7.37. The Morgan fingerprint density at radius 1 is 1.07 bits per heavy atom. The third-order valence-electron chi connectivity index (χ3n) is 5.51. The molecule has 1 aliphatic heterocycles. The van der Waals surface area contributed by atoms with Crippen LogP contribution in [0.15, 0.2) is 54.6 Å². The van der Waals surface area contributed by atoms with Crippen molar-refractivity contribution in [2.24, 2.45) is 5.41 Å². The monoisotopic (exact) mass is 364 g/mol. The van der Waals surface area contributed by atoms with Gasteiger partial charge in [0.1, 0.15) is 0 Å². The third kappa shape index (κ3) is 4.05. The van der Waals surface area contributed by atoms with Crippen LogP contribution in [0.5, 0.6) is 0 Å². The Labute approximate surface area is 161 Å². The van der Waals surface area contributed by atoms with Crippen molar-refractivity contribution in [3.63, 3.8) is 0 Å². The second kappa shape index (κ2) is 8.38. The maximum absolute atomic E-state index is 12.9. The van der Waals surface area contributed by atoms with E-state index in [0.29, 0.717) is 32.4 Å². The Morgan fingerprint density at radius 2 is 1.78 bits per heavy atom. The van der Waals surface area contributed by atoms with Crippen molar-refractivity contribution in [2.45, 2.75) is 32.6 Å². The molecule has 142 valence electrons. The number of hydrogen-bond donors (Lipinski definition) is 1. The number of rotatable bonds is 6. The van der Waals surface area contributed by atoms with E-state index < -0.39 is 5.41 Å². The molecule has 1 unspecified atom stereocenters. The van der Waals surface area contributed by atoms with E-state index in [1.54, 1.807) is 7.05 Å². The minimum absolute atomic E-state index is 0.0252. The van der Waals surface area contributed by atoms with Crippen LogP contribution in [0.25, 0.3) is 11.1 Å². The van der Waals surface area contributed by atoms with Gasteiger partial charge in [0.05, 0.1) is 5.41 Å². The van der Waals surface area contributed by atoms with Gasteiger partial charge in [-0.15, -0.1) is 0 Å². The van der Waals surface area contributed by atoms with Crippen LogP contribution >= 0.6 is 0 Å². The first kappa shape index (κ1) is 19.2. The zero-order valence-electron chi connectivity index (χ0n) is 16.2. The molecule has 1 fully saturated rings. The molecule has 1 N–H and O–H groups in total. The SMILES string of the molecule is CCCC(=O)N1CCC(Cc2ccccc2-c2ccccc2)(C(=O)NC)C1. The zero-order chi connectivity index (χ0) is 19.3. The predicted molar refractivity (Wildman–Crippen MR) is 108 cm³/mol. The average Bonchev–Trinajstić information content (AvgIpc) is 3.14. The van der Waals surface area contributed by atoms with E-state index in [1.165, 1.54) is 0 Å². The molecule has 2 amide bonds. The van der Waals surface area contributed by atoms with Crippen molar-refractivity contribution in [3.8, 4) is 11.1 Å². The largest absolute Gasteiger partial charge is 0.359 e. The van der Waals surface area contributed by atoms with E-state index in [9.17, 15) is 9.59 Å². The molecule has 4 nitrogen and oxygen atoms in total. The molecular formula is C23H28N2O2. The van der Waals surface area contributed by atoms with E-state index in [4.69, 9.17) is 0 Å².